The summed E-state index contributed by atoms with van der Waals surface area (Å²) in [6.07, 6.45) is 0. The van der Waals surface area contributed by atoms with Crippen LogP contribution in [0.2, 0.25) is 10.0 Å². The number of amides is 1. The number of rotatable bonds is 6. The second-order valence-electron chi connectivity index (χ2n) is 6.88. The normalized spacial score (nSPS) is 14.1. The number of nitrogens with one attached hydrogen (secondary N) is 1. The molecule has 0 aliphatic carbocycles. The quantitative estimate of drug-likeness (QED) is 0.722. The number of halogens is 2. The Balaban J connectivity index is 2.08. The Morgan fingerprint density at radius 3 is 2.69 bits per heavy atom. The lowest BCUT2D eigenvalue weighted by molar-refractivity contribution is 0.0955. The molecule has 9 heteroatoms. The van der Waals surface area contributed by atoms with Crippen LogP contribution in [0.5, 0.6) is 0 Å². The molecule has 154 valence electrons. The summed E-state index contributed by atoms with van der Waals surface area (Å²) in [4.78, 5) is 17.6. The summed E-state index contributed by atoms with van der Waals surface area (Å²) in [5, 5.41) is 14.6. The van der Waals surface area contributed by atoms with E-state index >= 15 is 0 Å². The Morgan fingerprint density at radius 1 is 1.34 bits per heavy atom. The van der Waals surface area contributed by atoms with Gasteiger partial charge in [0, 0.05) is 47.4 Å². The van der Waals surface area contributed by atoms with Gasteiger partial charge >= 0.3 is 0 Å². The van der Waals surface area contributed by atoms with Crippen molar-refractivity contribution in [3.63, 3.8) is 0 Å². The summed E-state index contributed by atoms with van der Waals surface area (Å²) >= 11 is 13.8. The smallest absolute Gasteiger partial charge is 0.262 e. The van der Waals surface area contributed by atoms with Gasteiger partial charge in [0.15, 0.2) is 0 Å². The molecule has 0 spiro atoms. The molecule has 0 saturated carbocycles. The van der Waals surface area contributed by atoms with Crippen LogP contribution in [-0.4, -0.2) is 64.3 Å². The van der Waals surface area contributed by atoms with Gasteiger partial charge in [-0.05, 0) is 26.2 Å². The van der Waals surface area contributed by atoms with Crippen molar-refractivity contribution in [2.45, 2.75) is 0 Å². The predicted molar refractivity (Wildman–Crippen MR) is 118 cm³/mol. The number of carbonyl (C=O) groups excluding carboxylic acids is 1. The van der Waals surface area contributed by atoms with E-state index in [0.29, 0.717) is 64.5 Å². The monoisotopic (exact) mass is 452 g/mol. The van der Waals surface area contributed by atoms with Crippen LogP contribution in [0.15, 0.2) is 18.2 Å². The Morgan fingerprint density at radius 2 is 2.07 bits per heavy atom. The molecule has 6 nitrogen and oxygen atoms in total. The maximum Gasteiger partial charge on any atom is 0.262 e. The maximum absolute atomic E-state index is 13.0. The van der Waals surface area contributed by atoms with Gasteiger partial charge in [-0.2, -0.15) is 5.26 Å². The first kappa shape index (κ1) is 21.9. The average Bonchev–Trinajstić information content (AvgIpc) is 3.07. The zero-order chi connectivity index (χ0) is 21.0. The van der Waals surface area contributed by atoms with E-state index in [2.05, 4.69) is 16.3 Å². The van der Waals surface area contributed by atoms with Crippen LogP contribution in [0.3, 0.4) is 0 Å². The van der Waals surface area contributed by atoms with Crippen LogP contribution < -0.4 is 10.2 Å². The number of carbonyl (C=O) groups is 1. The third-order valence-corrected chi connectivity index (χ3v) is 6.35. The van der Waals surface area contributed by atoms with Crippen LogP contribution >= 0.6 is 34.5 Å². The molecule has 2 heterocycles. The third-order valence-electron chi connectivity index (χ3n) is 4.55. The Hall–Kier alpha value is -1.82. The number of likely N-dealkylation sites (N-methyl/N-ethyl adjacent to an activating group) is 1. The fraction of sp³-hybridized carbons (Fsp3) is 0.400. The average molecular weight is 453 g/mol. The molecule has 1 amide bonds. The standard InChI is InChI=1S/C20H22Cl2N4O2S/c1-25(2)6-5-24-19(27)18-17(14-4-3-13(21)11-16(14)22)15(12-23)20(29-18)26-7-9-28-10-8-26/h3-4,11H,5-10H2,1-2H3,(H,24,27). The molecule has 1 aromatic heterocycles. The second kappa shape index (κ2) is 9.79. The van der Waals surface area contributed by atoms with Crippen molar-refractivity contribution in [2.24, 2.45) is 0 Å². The first-order chi connectivity index (χ1) is 13.9. The fourth-order valence-corrected chi connectivity index (χ4v) is 4.83. The van der Waals surface area contributed by atoms with Crippen molar-refractivity contribution < 1.29 is 9.53 Å². The fourth-order valence-electron chi connectivity index (χ4n) is 3.09. The van der Waals surface area contributed by atoms with Crippen molar-refractivity contribution in [1.82, 2.24) is 10.2 Å². The van der Waals surface area contributed by atoms with Gasteiger partial charge in [-0.3, -0.25) is 4.79 Å². The van der Waals surface area contributed by atoms with Gasteiger partial charge in [0.1, 0.15) is 15.9 Å². The number of hydrogen-bond acceptors (Lipinski definition) is 6. The van der Waals surface area contributed by atoms with Gasteiger partial charge < -0.3 is 19.9 Å². The maximum atomic E-state index is 13.0. The highest BCUT2D eigenvalue weighted by molar-refractivity contribution is 7.19. The Kier molecular flexibility index (Phi) is 7.38. The predicted octanol–water partition coefficient (Wildman–Crippen LogP) is 3.72. The molecule has 2 aromatic rings. The zero-order valence-corrected chi connectivity index (χ0v) is 18.6. The SMILES string of the molecule is CN(C)CCNC(=O)c1sc(N2CCOCC2)c(C#N)c1-c1ccc(Cl)cc1Cl. The topological polar surface area (TPSA) is 68.6 Å². The number of thiophene rings is 1. The molecule has 0 unspecified atom stereocenters. The summed E-state index contributed by atoms with van der Waals surface area (Å²) in [5.74, 6) is -0.214. The molecule has 1 fully saturated rings. The van der Waals surface area contributed by atoms with Crippen molar-refractivity contribution in [1.29, 1.82) is 5.26 Å². The largest absolute Gasteiger partial charge is 0.378 e. The molecule has 1 aliphatic heterocycles. The van der Waals surface area contributed by atoms with Gasteiger partial charge in [0.05, 0.1) is 18.8 Å². The number of nitriles is 1. The lowest BCUT2D eigenvalue weighted by Crippen LogP contribution is -2.36. The molecular weight excluding hydrogens is 431 g/mol. The van der Waals surface area contributed by atoms with E-state index in [1.165, 1.54) is 11.3 Å². The molecule has 0 bridgehead atoms. The van der Waals surface area contributed by atoms with Crippen LogP contribution in [-0.2, 0) is 4.74 Å². The molecule has 1 aromatic carbocycles. The van der Waals surface area contributed by atoms with Gasteiger partial charge in [0.25, 0.3) is 5.91 Å². The highest BCUT2D eigenvalue weighted by Gasteiger charge is 2.28. The zero-order valence-electron chi connectivity index (χ0n) is 16.3. The summed E-state index contributed by atoms with van der Waals surface area (Å²) < 4.78 is 5.43. The Labute approximate surface area is 184 Å². The van der Waals surface area contributed by atoms with E-state index < -0.39 is 0 Å². The van der Waals surface area contributed by atoms with E-state index in [1.54, 1.807) is 18.2 Å². The Bertz CT molecular complexity index is 933. The van der Waals surface area contributed by atoms with E-state index in [9.17, 15) is 10.1 Å². The molecule has 1 N–H and O–H groups in total. The van der Waals surface area contributed by atoms with E-state index in [-0.39, 0.29) is 5.91 Å². The number of morpholine rings is 1. The van der Waals surface area contributed by atoms with Gasteiger partial charge in [-0.15, -0.1) is 11.3 Å². The molecule has 0 atom stereocenters. The molecule has 0 radical (unpaired) electrons. The third kappa shape index (κ3) is 5.03. The molecule has 29 heavy (non-hydrogen) atoms. The first-order valence-corrected chi connectivity index (χ1v) is 10.8. The van der Waals surface area contributed by atoms with Crippen LogP contribution in [0.25, 0.3) is 11.1 Å². The highest BCUT2D eigenvalue weighted by atomic mass is 35.5. The number of nitrogens with zero attached hydrogens (tertiary/aromatic N) is 3. The molecular formula is C20H22Cl2N4O2S. The van der Waals surface area contributed by atoms with Gasteiger partial charge in [0.2, 0.25) is 0 Å². The van der Waals surface area contributed by atoms with Crippen molar-refractivity contribution >= 4 is 45.4 Å². The van der Waals surface area contributed by atoms with Crippen LogP contribution in [0, 0.1) is 11.3 Å². The van der Waals surface area contributed by atoms with Crippen LogP contribution in [0.4, 0.5) is 5.00 Å². The number of hydrogen-bond donors (Lipinski definition) is 1. The lowest BCUT2D eigenvalue weighted by Gasteiger charge is -2.27. The van der Waals surface area contributed by atoms with Crippen molar-refractivity contribution in [2.75, 3.05) is 58.4 Å². The summed E-state index contributed by atoms with van der Waals surface area (Å²) in [5.41, 5.74) is 1.64. The second-order valence-corrected chi connectivity index (χ2v) is 8.72. The van der Waals surface area contributed by atoms with Gasteiger partial charge in [-0.1, -0.05) is 29.3 Å². The van der Waals surface area contributed by atoms with Gasteiger partial charge in [-0.25, -0.2) is 0 Å². The summed E-state index contributed by atoms with van der Waals surface area (Å²) in [6, 6.07) is 7.39. The van der Waals surface area contributed by atoms with Crippen LogP contribution in [0.1, 0.15) is 15.2 Å². The molecule has 3 rings (SSSR count). The minimum absolute atomic E-state index is 0.214. The minimum Gasteiger partial charge on any atom is -0.378 e. The highest BCUT2D eigenvalue weighted by Crippen LogP contribution is 2.44. The number of ether oxygens (including phenoxy) is 1. The van der Waals surface area contributed by atoms with E-state index in [4.69, 9.17) is 27.9 Å². The number of benzene rings is 1. The summed E-state index contributed by atoms with van der Waals surface area (Å²) in [6.45, 7) is 3.74. The van der Waals surface area contributed by atoms with Crippen molar-refractivity contribution in [3.8, 4) is 17.2 Å². The number of anilines is 1. The first-order valence-electron chi connectivity index (χ1n) is 9.20. The van der Waals surface area contributed by atoms with E-state index in [1.807, 2.05) is 19.0 Å². The summed E-state index contributed by atoms with van der Waals surface area (Å²) in [7, 11) is 3.89. The lowest BCUT2D eigenvalue weighted by atomic mass is 10.0. The molecule has 1 aliphatic rings. The van der Waals surface area contributed by atoms with E-state index in [0.717, 1.165) is 11.5 Å². The molecule has 1 saturated heterocycles. The minimum atomic E-state index is -0.214. The van der Waals surface area contributed by atoms with Crippen molar-refractivity contribution in [3.05, 3.63) is 38.7 Å².